The molecule has 3 saturated heterocycles. The third-order valence-electron chi connectivity index (χ3n) is 13.6. The Morgan fingerprint density at radius 1 is 0.931 bits per heavy atom. The fourth-order valence-electron chi connectivity index (χ4n) is 10.9. The molecule has 0 N–H and O–H groups in total. The van der Waals surface area contributed by atoms with Crippen molar-refractivity contribution < 1.29 is 32.1 Å². The van der Waals surface area contributed by atoms with Crippen LogP contribution in [0.15, 0.2) is 30.3 Å². The number of piperidine rings is 1. The maximum atomic E-state index is 17.9. The predicted octanol–water partition coefficient (Wildman–Crippen LogP) is 10.4. The molecule has 0 amide bonds. The summed E-state index contributed by atoms with van der Waals surface area (Å²) in [7, 11) is -0.756. The predicted molar refractivity (Wildman–Crippen MR) is 226 cm³/mol. The molecule has 3 fully saturated rings. The Balaban J connectivity index is 1.36. The average Bonchev–Trinajstić information content (AvgIpc) is 3.72. The van der Waals surface area contributed by atoms with Crippen molar-refractivity contribution in [2.24, 2.45) is 0 Å². The van der Waals surface area contributed by atoms with E-state index in [1.54, 1.807) is 18.2 Å². The highest BCUT2D eigenvalue weighted by atomic mass is 28.3. The molecule has 8 rings (SSSR count). The van der Waals surface area contributed by atoms with Crippen LogP contribution < -0.4 is 19.1 Å². The van der Waals surface area contributed by atoms with Crippen LogP contribution in [-0.4, -0.2) is 87.4 Å². The van der Waals surface area contributed by atoms with Gasteiger partial charge in [-0.05, 0) is 90.5 Å². The van der Waals surface area contributed by atoms with Crippen molar-refractivity contribution >= 4 is 35.6 Å². The Labute approximate surface area is 341 Å². The Morgan fingerprint density at radius 3 is 2.48 bits per heavy atom. The molecule has 4 aliphatic rings. The van der Waals surface area contributed by atoms with Crippen molar-refractivity contribution in [3.8, 4) is 40.1 Å². The quantitative estimate of drug-likeness (QED) is 0.0891. The van der Waals surface area contributed by atoms with Crippen molar-refractivity contribution in [3.05, 3.63) is 47.5 Å². The minimum Gasteiger partial charge on any atom is -0.493 e. The van der Waals surface area contributed by atoms with E-state index in [0.29, 0.717) is 75.2 Å². The number of alkyl halides is 1. The third-order valence-corrected chi connectivity index (χ3v) is 19.9. The van der Waals surface area contributed by atoms with Crippen LogP contribution in [0, 0.1) is 23.1 Å². The van der Waals surface area contributed by atoms with E-state index in [-0.39, 0.29) is 42.1 Å². The number of nitrogens with zero attached hydrogens (tertiary/aromatic N) is 4. The fourth-order valence-corrected chi connectivity index (χ4v) is 16.1. The maximum Gasteiger partial charge on any atom is 0.319 e. The molecule has 3 aromatic carbocycles. The summed E-state index contributed by atoms with van der Waals surface area (Å²) in [6, 6.07) is 8.58. The number of ether oxygens (including phenoxy) is 4. The first kappa shape index (κ1) is 40.7. The van der Waals surface area contributed by atoms with Gasteiger partial charge in [0.1, 0.15) is 49.5 Å². The molecule has 0 radical (unpaired) electrons. The Bertz CT molecular complexity index is 2240. The van der Waals surface area contributed by atoms with Crippen LogP contribution in [0.5, 0.6) is 17.5 Å². The lowest BCUT2D eigenvalue weighted by atomic mass is 9.92. The van der Waals surface area contributed by atoms with Crippen LogP contribution in [0.25, 0.3) is 32.8 Å². The van der Waals surface area contributed by atoms with Gasteiger partial charge in [-0.15, -0.1) is 5.54 Å². The van der Waals surface area contributed by atoms with Gasteiger partial charge in [0.05, 0.1) is 23.1 Å². The molecule has 0 aliphatic carbocycles. The number of methoxy groups -OCH3 is 1. The van der Waals surface area contributed by atoms with Crippen LogP contribution in [0.3, 0.4) is 0 Å². The molecule has 8 nitrogen and oxygen atoms in total. The number of hydrogen-bond acceptors (Lipinski definition) is 8. The second-order valence-electron chi connectivity index (χ2n) is 17.8. The highest BCUT2D eigenvalue weighted by Gasteiger charge is 2.49. The smallest absolute Gasteiger partial charge is 0.319 e. The van der Waals surface area contributed by atoms with Gasteiger partial charge in [0, 0.05) is 50.0 Å². The summed E-state index contributed by atoms with van der Waals surface area (Å²) in [5.41, 5.74) is 5.11. The van der Waals surface area contributed by atoms with Crippen molar-refractivity contribution in [2.45, 2.75) is 121 Å². The van der Waals surface area contributed by atoms with Crippen molar-refractivity contribution in [1.82, 2.24) is 14.9 Å². The number of halogens is 3. The molecule has 1 aromatic heterocycles. The topological polar surface area (TPSA) is 69.2 Å². The SMILES string of the molecule is COCOc1cc(-c2cc3c4c(nc(OC[C@@]56CCCN5C[C@H](F)C6)nc4c2F)N2CCCCC2CCO3)c2c(C#C[Si](C(C)C)(C(C)C)C(C)C)c(F)ccc2c1. The second kappa shape index (κ2) is 16.2. The molecule has 4 aliphatic heterocycles. The zero-order valence-corrected chi connectivity index (χ0v) is 36.0. The van der Waals surface area contributed by atoms with Gasteiger partial charge in [-0.25, -0.2) is 13.2 Å². The number of anilines is 1. The average molecular weight is 815 g/mol. The zero-order valence-electron chi connectivity index (χ0n) is 35.0. The number of hydrogen-bond donors (Lipinski definition) is 0. The van der Waals surface area contributed by atoms with E-state index >= 15 is 8.78 Å². The minimum atomic E-state index is -2.29. The monoisotopic (exact) mass is 814 g/mol. The Hall–Kier alpha value is -4.05. The molecule has 58 heavy (non-hydrogen) atoms. The minimum absolute atomic E-state index is 0.0327. The number of benzene rings is 3. The summed E-state index contributed by atoms with van der Waals surface area (Å²) in [5, 5.41) is 1.61. The van der Waals surface area contributed by atoms with Gasteiger partial charge >= 0.3 is 6.01 Å². The molecule has 4 aromatic rings. The Kier molecular flexibility index (Phi) is 11.4. The summed E-state index contributed by atoms with van der Waals surface area (Å²) < 4.78 is 73.2. The molecule has 5 heterocycles. The second-order valence-corrected chi connectivity index (χ2v) is 23.4. The van der Waals surface area contributed by atoms with Crippen LogP contribution in [0.4, 0.5) is 19.0 Å². The first-order chi connectivity index (χ1) is 27.9. The van der Waals surface area contributed by atoms with Crippen molar-refractivity contribution in [2.75, 3.05) is 51.7 Å². The number of aromatic nitrogens is 2. The number of fused-ring (bicyclic) bond motifs is 4. The standard InChI is InChI=1S/C46H57F3N4O4Si/c1-28(2)58(29(3)4,30(5)6)20-15-35-38(48)13-12-31-21-34(57-27-54-7)22-36(40(31)35)37-23-39-41-43(42(37)49)50-45(56-26-46-16-10-17-52(46)25-32(47)24-46)51-44(41)53-18-9-8-11-33(53)14-19-55-39/h12-13,21-23,28-30,32-33H,8-11,14,16-19,24-27H2,1-7H3/t32-,33?,46+/m1/s1. The highest BCUT2D eigenvalue weighted by Crippen LogP contribution is 2.47. The molecular weight excluding hydrogens is 758 g/mol. The molecule has 0 spiro atoms. The summed E-state index contributed by atoms with van der Waals surface area (Å²) in [6.07, 6.45) is 5.08. The largest absolute Gasteiger partial charge is 0.493 e. The summed E-state index contributed by atoms with van der Waals surface area (Å²) in [6.45, 7) is 15.9. The molecule has 0 saturated carbocycles. The highest BCUT2D eigenvalue weighted by molar-refractivity contribution is 6.90. The van der Waals surface area contributed by atoms with Gasteiger partial charge < -0.3 is 23.8 Å². The van der Waals surface area contributed by atoms with E-state index in [9.17, 15) is 4.39 Å². The molecule has 310 valence electrons. The van der Waals surface area contributed by atoms with Crippen LogP contribution in [0.1, 0.15) is 92.1 Å². The van der Waals surface area contributed by atoms with Crippen molar-refractivity contribution in [1.29, 1.82) is 0 Å². The normalized spacial score (nSPS) is 22.2. The molecule has 12 heteroatoms. The lowest BCUT2D eigenvalue weighted by Gasteiger charge is -2.39. The molecule has 1 unspecified atom stereocenters. The lowest BCUT2D eigenvalue weighted by Crippen LogP contribution is -2.44. The van der Waals surface area contributed by atoms with Gasteiger partial charge in [-0.1, -0.05) is 53.5 Å². The molecule has 3 atom stereocenters. The maximum absolute atomic E-state index is 17.9. The van der Waals surface area contributed by atoms with E-state index in [0.717, 1.165) is 51.6 Å². The van der Waals surface area contributed by atoms with Crippen molar-refractivity contribution in [3.63, 3.8) is 0 Å². The van der Waals surface area contributed by atoms with E-state index in [1.165, 1.54) is 13.2 Å². The van der Waals surface area contributed by atoms with Gasteiger partial charge in [0.25, 0.3) is 0 Å². The summed E-state index contributed by atoms with van der Waals surface area (Å²) in [4.78, 5) is 14.3. The number of rotatable bonds is 10. The fraction of sp³-hybridized carbons (Fsp3) is 0.565. The summed E-state index contributed by atoms with van der Waals surface area (Å²) >= 11 is 0. The van der Waals surface area contributed by atoms with Gasteiger partial charge in [0.15, 0.2) is 12.6 Å². The van der Waals surface area contributed by atoms with E-state index in [2.05, 4.69) is 62.8 Å². The molecule has 0 bridgehead atoms. The first-order valence-electron chi connectivity index (χ1n) is 21.2. The zero-order chi connectivity index (χ0) is 40.9. The van der Waals surface area contributed by atoms with Gasteiger partial charge in [-0.2, -0.15) is 9.97 Å². The van der Waals surface area contributed by atoms with Gasteiger partial charge in [-0.3, -0.25) is 4.90 Å². The summed E-state index contributed by atoms with van der Waals surface area (Å²) in [5.74, 6) is 3.75. The van der Waals surface area contributed by atoms with Crippen LogP contribution in [-0.2, 0) is 4.74 Å². The van der Waals surface area contributed by atoms with E-state index in [4.69, 9.17) is 28.9 Å². The van der Waals surface area contributed by atoms with E-state index < -0.39 is 31.4 Å². The Morgan fingerprint density at radius 2 is 1.72 bits per heavy atom. The third kappa shape index (κ3) is 7.09. The van der Waals surface area contributed by atoms with Crippen LogP contribution in [0.2, 0.25) is 16.6 Å². The van der Waals surface area contributed by atoms with Gasteiger partial charge in [0.2, 0.25) is 0 Å². The van der Waals surface area contributed by atoms with E-state index in [1.807, 2.05) is 6.07 Å². The first-order valence-corrected chi connectivity index (χ1v) is 23.5. The van der Waals surface area contributed by atoms with Crippen LogP contribution >= 0.6 is 0 Å². The lowest BCUT2D eigenvalue weighted by molar-refractivity contribution is 0.0512. The molecular formula is C46H57F3N4O4Si.